The van der Waals surface area contributed by atoms with E-state index >= 15 is 0 Å². The van der Waals surface area contributed by atoms with Crippen LogP contribution in [-0.4, -0.2) is 14.1 Å². The monoisotopic (exact) mass is 305 g/mol. The quantitative estimate of drug-likeness (QED) is 0.712. The van der Waals surface area contributed by atoms with Gasteiger partial charge in [-0.3, -0.25) is 0 Å². The van der Waals surface area contributed by atoms with Crippen molar-refractivity contribution < 1.29 is 0 Å². The maximum Gasteiger partial charge on any atom is 0.103 e. The summed E-state index contributed by atoms with van der Waals surface area (Å²) in [4.78, 5) is 4.13. The second-order valence-electron chi connectivity index (χ2n) is 4.59. The Labute approximate surface area is 127 Å². The Morgan fingerprint density at radius 1 is 1.05 bits per heavy atom. The topological polar surface area (TPSA) is 22.8 Å². The number of aromatic nitrogens is 3. The van der Waals surface area contributed by atoms with E-state index in [-0.39, 0.29) is 6.04 Å². The first kappa shape index (κ1) is 13.3. The van der Waals surface area contributed by atoms with Crippen LogP contribution >= 0.6 is 23.2 Å². The fourth-order valence-corrected chi connectivity index (χ4v) is 3.01. The van der Waals surface area contributed by atoms with Crippen LogP contribution in [0.5, 0.6) is 0 Å². The summed E-state index contributed by atoms with van der Waals surface area (Å²) in [6.07, 6.45) is 7.44. The van der Waals surface area contributed by atoms with Gasteiger partial charge in [-0.2, -0.15) is 0 Å². The zero-order chi connectivity index (χ0) is 14.1. The molecule has 1 atom stereocenters. The van der Waals surface area contributed by atoms with Crippen molar-refractivity contribution in [1.29, 1.82) is 0 Å². The number of aryl methyl sites for hydroxylation is 1. The minimum atomic E-state index is -0.0984. The minimum absolute atomic E-state index is 0.0984. The molecule has 0 amide bonds. The Hall–Kier alpha value is -1.71. The molecule has 3 aromatic rings. The van der Waals surface area contributed by atoms with Gasteiger partial charge in [-0.15, -0.1) is 0 Å². The maximum absolute atomic E-state index is 6.38. The number of rotatable bonds is 3. The molecule has 20 heavy (non-hydrogen) atoms. The Balaban J connectivity index is 2.24. The van der Waals surface area contributed by atoms with E-state index in [1.54, 1.807) is 12.5 Å². The van der Waals surface area contributed by atoms with Gasteiger partial charge >= 0.3 is 0 Å². The molecule has 0 bridgehead atoms. The first-order valence-corrected chi connectivity index (χ1v) is 6.96. The van der Waals surface area contributed by atoms with Gasteiger partial charge in [0.05, 0.1) is 6.33 Å². The van der Waals surface area contributed by atoms with Gasteiger partial charge in [0.15, 0.2) is 0 Å². The van der Waals surface area contributed by atoms with Crippen molar-refractivity contribution in [1.82, 2.24) is 14.1 Å². The summed E-state index contributed by atoms with van der Waals surface area (Å²) in [6.45, 7) is 0. The highest BCUT2D eigenvalue weighted by Gasteiger charge is 2.23. The van der Waals surface area contributed by atoms with Gasteiger partial charge in [0.25, 0.3) is 0 Å². The summed E-state index contributed by atoms with van der Waals surface area (Å²) in [5.74, 6) is 0. The van der Waals surface area contributed by atoms with Crippen LogP contribution in [-0.2, 0) is 7.05 Å². The highest BCUT2D eigenvalue weighted by Crippen LogP contribution is 2.36. The molecule has 2 aromatic heterocycles. The molecule has 0 saturated heterocycles. The first-order chi connectivity index (χ1) is 9.68. The molecule has 0 saturated carbocycles. The SMILES string of the molecule is Cn1cccc1C(c1c(Cl)cccc1Cl)n1ccnc1. The van der Waals surface area contributed by atoms with Crippen molar-refractivity contribution in [3.8, 4) is 0 Å². The van der Waals surface area contributed by atoms with Gasteiger partial charge in [-0.25, -0.2) is 4.98 Å². The van der Waals surface area contributed by atoms with Gasteiger partial charge in [0.1, 0.15) is 6.04 Å². The number of nitrogens with zero attached hydrogens (tertiary/aromatic N) is 3. The highest BCUT2D eigenvalue weighted by molar-refractivity contribution is 6.36. The molecule has 2 heterocycles. The minimum Gasteiger partial charge on any atom is -0.352 e. The predicted octanol–water partition coefficient (Wildman–Crippen LogP) is 4.17. The fraction of sp³-hybridized carbons (Fsp3) is 0.133. The second-order valence-corrected chi connectivity index (χ2v) is 5.41. The standard InChI is InChI=1S/C15H13Cl2N3/c1-19-8-3-6-13(19)15(20-9-7-18-10-20)14-11(16)4-2-5-12(14)17/h2-10,15H,1H3. The number of hydrogen-bond acceptors (Lipinski definition) is 1. The molecular formula is C15H13Cl2N3. The average Bonchev–Trinajstić information content (AvgIpc) is 3.06. The normalized spacial score (nSPS) is 12.6. The number of halogens is 2. The third-order valence-corrected chi connectivity index (χ3v) is 4.02. The maximum atomic E-state index is 6.38. The van der Waals surface area contributed by atoms with E-state index in [2.05, 4.69) is 15.6 Å². The summed E-state index contributed by atoms with van der Waals surface area (Å²) in [5.41, 5.74) is 1.98. The molecule has 0 aliphatic carbocycles. The fourth-order valence-electron chi connectivity index (χ4n) is 2.40. The van der Waals surface area contributed by atoms with E-state index in [1.807, 2.05) is 48.3 Å². The molecule has 0 radical (unpaired) electrons. The molecule has 1 aromatic carbocycles. The van der Waals surface area contributed by atoms with Gasteiger partial charge in [-0.1, -0.05) is 29.3 Å². The summed E-state index contributed by atoms with van der Waals surface area (Å²) < 4.78 is 4.06. The van der Waals surface area contributed by atoms with Crippen molar-refractivity contribution in [2.45, 2.75) is 6.04 Å². The summed E-state index contributed by atoms with van der Waals surface area (Å²) >= 11 is 12.8. The van der Waals surface area contributed by atoms with Gasteiger partial charge in [0.2, 0.25) is 0 Å². The average molecular weight is 306 g/mol. The predicted molar refractivity (Wildman–Crippen MR) is 81.3 cm³/mol. The van der Waals surface area contributed by atoms with Crippen molar-refractivity contribution in [2.75, 3.05) is 0 Å². The van der Waals surface area contributed by atoms with Crippen LogP contribution in [0.15, 0.2) is 55.2 Å². The van der Waals surface area contributed by atoms with Gasteiger partial charge < -0.3 is 9.13 Å². The summed E-state index contributed by atoms with van der Waals surface area (Å²) in [5, 5.41) is 1.30. The van der Waals surface area contributed by atoms with Crippen LogP contribution in [0.3, 0.4) is 0 Å². The zero-order valence-corrected chi connectivity index (χ0v) is 12.4. The lowest BCUT2D eigenvalue weighted by Gasteiger charge is -2.22. The van der Waals surface area contributed by atoms with Crippen LogP contribution in [0.25, 0.3) is 0 Å². The molecule has 0 aliphatic rings. The molecule has 1 unspecified atom stereocenters. The molecule has 0 aliphatic heterocycles. The van der Waals surface area contributed by atoms with Crippen LogP contribution < -0.4 is 0 Å². The van der Waals surface area contributed by atoms with E-state index in [1.165, 1.54) is 0 Å². The van der Waals surface area contributed by atoms with E-state index in [0.29, 0.717) is 10.0 Å². The van der Waals surface area contributed by atoms with Crippen LogP contribution in [0.4, 0.5) is 0 Å². The molecular weight excluding hydrogens is 293 g/mol. The van der Waals surface area contributed by atoms with E-state index < -0.39 is 0 Å². The first-order valence-electron chi connectivity index (χ1n) is 6.21. The van der Waals surface area contributed by atoms with Crippen LogP contribution in [0.1, 0.15) is 17.3 Å². The summed E-state index contributed by atoms with van der Waals surface area (Å²) in [7, 11) is 2.00. The Kier molecular flexibility index (Phi) is 3.55. The van der Waals surface area contributed by atoms with Gasteiger partial charge in [0, 0.05) is 46.9 Å². The van der Waals surface area contributed by atoms with Crippen molar-refractivity contribution in [3.05, 3.63) is 76.6 Å². The number of hydrogen-bond donors (Lipinski definition) is 0. The van der Waals surface area contributed by atoms with Crippen molar-refractivity contribution >= 4 is 23.2 Å². The zero-order valence-electron chi connectivity index (χ0n) is 10.9. The number of benzene rings is 1. The molecule has 0 spiro atoms. The molecule has 5 heteroatoms. The molecule has 3 nitrogen and oxygen atoms in total. The molecule has 0 N–H and O–H groups in total. The van der Waals surface area contributed by atoms with Gasteiger partial charge in [-0.05, 0) is 24.3 Å². The van der Waals surface area contributed by atoms with Crippen LogP contribution in [0.2, 0.25) is 10.0 Å². The van der Waals surface area contributed by atoms with Crippen molar-refractivity contribution in [2.24, 2.45) is 7.05 Å². The third kappa shape index (κ3) is 2.23. The summed E-state index contributed by atoms with van der Waals surface area (Å²) in [6, 6.07) is 9.53. The third-order valence-electron chi connectivity index (χ3n) is 3.36. The lowest BCUT2D eigenvalue weighted by molar-refractivity contribution is 0.627. The molecule has 102 valence electrons. The molecule has 3 rings (SSSR count). The van der Waals surface area contributed by atoms with E-state index in [4.69, 9.17) is 23.2 Å². The smallest absolute Gasteiger partial charge is 0.103 e. The number of imidazole rings is 1. The highest BCUT2D eigenvalue weighted by atomic mass is 35.5. The Morgan fingerprint density at radius 3 is 2.35 bits per heavy atom. The molecule has 0 fully saturated rings. The van der Waals surface area contributed by atoms with E-state index in [0.717, 1.165) is 11.3 Å². The van der Waals surface area contributed by atoms with Crippen molar-refractivity contribution in [3.63, 3.8) is 0 Å². The Morgan fingerprint density at radius 2 is 1.80 bits per heavy atom. The lowest BCUT2D eigenvalue weighted by atomic mass is 10.0. The Bertz CT molecular complexity index is 696. The van der Waals surface area contributed by atoms with Crippen LogP contribution in [0, 0.1) is 0 Å². The van der Waals surface area contributed by atoms with E-state index in [9.17, 15) is 0 Å². The lowest BCUT2D eigenvalue weighted by Crippen LogP contribution is -2.15. The second kappa shape index (κ2) is 5.35. The largest absolute Gasteiger partial charge is 0.352 e.